The Balaban J connectivity index is 2.35. The van der Waals surface area contributed by atoms with Gasteiger partial charge in [-0.3, -0.25) is 0 Å². The lowest BCUT2D eigenvalue weighted by molar-refractivity contribution is 0.0390. The molecule has 0 aromatic heterocycles. The van der Waals surface area contributed by atoms with E-state index in [0.29, 0.717) is 19.8 Å². The zero-order valence-electron chi connectivity index (χ0n) is 12.9. The number of hydrogen-bond donors (Lipinski definition) is 1. The van der Waals surface area contributed by atoms with Crippen molar-refractivity contribution in [2.45, 2.75) is 32.9 Å². The topological polar surface area (TPSA) is 39.7 Å². The average Bonchev–Trinajstić information content (AvgIpc) is 2.47. The molecule has 0 atom stereocenters. The number of unbranched alkanes of at least 4 members (excludes halogenated alkanes) is 1. The van der Waals surface area contributed by atoms with Crippen LogP contribution >= 0.6 is 0 Å². The first-order valence-corrected chi connectivity index (χ1v) is 7.27. The molecule has 0 saturated carbocycles. The number of hydrogen-bond acceptors (Lipinski definition) is 4. The van der Waals surface area contributed by atoms with Crippen LogP contribution < -0.4 is 10.1 Å². The molecular weight excluding hydrogens is 254 g/mol. The zero-order valence-corrected chi connectivity index (χ0v) is 12.9. The summed E-state index contributed by atoms with van der Waals surface area (Å²) >= 11 is 0. The highest BCUT2D eigenvalue weighted by Crippen LogP contribution is 2.20. The van der Waals surface area contributed by atoms with Gasteiger partial charge in [0.1, 0.15) is 5.75 Å². The van der Waals surface area contributed by atoms with E-state index in [1.165, 1.54) is 5.56 Å². The van der Waals surface area contributed by atoms with Crippen LogP contribution in [0.1, 0.15) is 30.9 Å². The van der Waals surface area contributed by atoms with Gasteiger partial charge in [0, 0.05) is 18.7 Å². The van der Waals surface area contributed by atoms with Crippen molar-refractivity contribution in [2.24, 2.45) is 0 Å². The van der Waals surface area contributed by atoms with E-state index in [1.807, 2.05) is 13.1 Å². The van der Waals surface area contributed by atoms with Gasteiger partial charge < -0.3 is 19.5 Å². The van der Waals surface area contributed by atoms with Gasteiger partial charge in [0.15, 0.2) is 0 Å². The van der Waals surface area contributed by atoms with Crippen molar-refractivity contribution < 1.29 is 14.2 Å². The second-order valence-corrected chi connectivity index (χ2v) is 4.70. The summed E-state index contributed by atoms with van der Waals surface area (Å²) in [6.45, 7) is 5.64. The van der Waals surface area contributed by atoms with Crippen LogP contribution in [-0.4, -0.2) is 34.0 Å². The van der Waals surface area contributed by atoms with Crippen LogP contribution in [0.25, 0.3) is 0 Å². The molecule has 1 aromatic rings. The fourth-order valence-corrected chi connectivity index (χ4v) is 1.91. The molecule has 1 aromatic carbocycles. The molecule has 114 valence electrons. The largest absolute Gasteiger partial charge is 0.496 e. The molecule has 0 fully saturated rings. The van der Waals surface area contributed by atoms with Crippen molar-refractivity contribution >= 4 is 0 Å². The lowest BCUT2D eigenvalue weighted by atomic mass is 10.1. The molecule has 0 saturated heterocycles. The molecule has 0 spiro atoms. The first-order valence-electron chi connectivity index (χ1n) is 7.27. The van der Waals surface area contributed by atoms with Gasteiger partial charge in [-0.1, -0.05) is 19.4 Å². The lowest BCUT2D eigenvalue weighted by Gasteiger charge is -2.11. The van der Waals surface area contributed by atoms with E-state index in [4.69, 9.17) is 14.2 Å². The van der Waals surface area contributed by atoms with Crippen LogP contribution in [0, 0.1) is 0 Å². The highest BCUT2D eigenvalue weighted by atomic mass is 16.5. The Hall–Kier alpha value is -1.10. The smallest absolute Gasteiger partial charge is 0.124 e. The lowest BCUT2D eigenvalue weighted by Crippen LogP contribution is -2.08. The van der Waals surface area contributed by atoms with Crippen LogP contribution in [0.15, 0.2) is 18.2 Å². The minimum absolute atomic E-state index is 0.553. The zero-order chi connectivity index (χ0) is 14.6. The predicted octanol–water partition coefficient (Wildman–Crippen LogP) is 2.75. The number of methoxy groups -OCH3 is 1. The molecule has 1 N–H and O–H groups in total. The van der Waals surface area contributed by atoms with Crippen molar-refractivity contribution in [3.63, 3.8) is 0 Å². The molecule has 20 heavy (non-hydrogen) atoms. The van der Waals surface area contributed by atoms with E-state index >= 15 is 0 Å². The van der Waals surface area contributed by atoms with Crippen molar-refractivity contribution in [3.05, 3.63) is 29.3 Å². The number of ether oxygens (including phenoxy) is 3. The quantitative estimate of drug-likeness (QED) is 0.633. The Labute approximate surface area is 122 Å². The Morgan fingerprint density at radius 3 is 2.60 bits per heavy atom. The molecule has 0 unspecified atom stereocenters. The van der Waals surface area contributed by atoms with Crippen LogP contribution in [0.2, 0.25) is 0 Å². The van der Waals surface area contributed by atoms with Gasteiger partial charge in [-0.15, -0.1) is 0 Å². The molecule has 0 heterocycles. The van der Waals surface area contributed by atoms with E-state index in [2.05, 4.69) is 24.4 Å². The van der Waals surface area contributed by atoms with E-state index < -0.39 is 0 Å². The van der Waals surface area contributed by atoms with Gasteiger partial charge in [-0.05, 0) is 31.2 Å². The minimum atomic E-state index is 0.553. The van der Waals surface area contributed by atoms with Gasteiger partial charge in [-0.25, -0.2) is 0 Å². The van der Waals surface area contributed by atoms with Crippen LogP contribution in [-0.2, 0) is 22.6 Å². The van der Waals surface area contributed by atoms with E-state index in [9.17, 15) is 0 Å². The summed E-state index contributed by atoms with van der Waals surface area (Å²) < 4.78 is 16.5. The first kappa shape index (κ1) is 17.0. The van der Waals surface area contributed by atoms with E-state index in [0.717, 1.165) is 37.3 Å². The third-order valence-corrected chi connectivity index (χ3v) is 3.00. The van der Waals surface area contributed by atoms with Crippen LogP contribution in [0.4, 0.5) is 0 Å². The highest BCUT2D eigenvalue weighted by Gasteiger charge is 2.04. The van der Waals surface area contributed by atoms with Gasteiger partial charge in [0.2, 0.25) is 0 Å². The minimum Gasteiger partial charge on any atom is -0.496 e. The fraction of sp³-hybridized carbons (Fsp3) is 0.625. The molecule has 0 amide bonds. The summed E-state index contributed by atoms with van der Waals surface area (Å²) in [6.07, 6.45) is 2.27. The second kappa shape index (κ2) is 10.7. The Morgan fingerprint density at radius 1 is 1.10 bits per heavy atom. The first-order chi connectivity index (χ1) is 9.81. The van der Waals surface area contributed by atoms with Crippen molar-refractivity contribution in [1.29, 1.82) is 0 Å². The molecule has 1 rings (SSSR count). The fourth-order valence-electron chi connectivity index (χ4n) is 1.91. The molecular formula is C16H27NO3. The Morgan fingerprint density at radius 2 is 1.90 bits per heavy atom. The maximum Gasteiger partial charge on any atom is 0.124 e. The normalized spacial score (nSPS) is 10.8. The summed E-state index contributed by atoms with van der Waals surface area (Å²) in [5.41, 5.74) is 2.31. The number of rotatable bonds is 11. The monoisotopic (exact) mass is 281 g/mol. The predicted molar refractivity (Wildman–Crippen MR) is 81.1 cm³/mol. The average molecular weight is 281 g/mol. The molecule has 4 nitrogen and oxygen atoms in total. The molecule has 0 aliphatic rings. The number of benzene rings is 1. The van der Waals surface area contributed by atoms with Crippen molar-refractivity contribution in [1.82, 2.24) is 5.32 Å². The van der Waals surface area contributed by atoms with Crippen molar-refractivity contribution in [3.8, 4) is 5.75 Å². The van der Waals surface area contributed by atoms with Crippen molar-refractivity contribution in [2.75, 3.05) is 34.0 Å². The summed E-state index contributed by atoms with van der Waals surface area (Å²) in [5, 5.41) is 3.14. The van der Waals surface area contributed by atoms with Gasteiger partial charge in [0.25, 0.3) is 0 Å². The van der Waals surface area contributed by atoms with Gasteiger partial charge >= 0.3 is 0 Å². The Kier molecular flexibility index (Phi) is 9.04. The number of nitrogens with one attached hydrogen (secondary N) is 1. The van der Waals surface area contributed by atoms with Gasteiger partial charge in [-0.2, -0.15) is 0 Å². The summed E-state index contributed by atoms with van der Waals surface area (Å²) in [5.74, 6) is 0.872. The molecule has 0 radical (unpaired) electrons. The van der Waals surface area contributed by atoms with E-state index in [-0.39, 0.29) is 0 Å². The third kappa shape index (κ3) is 6.37. The van der Waals surface area contributed by atoms with Crippen LogP contribution in [0.5, 0.6) is 5.75 Å². The summed E-state index contributed by atoms with van der Waals surface area (Å²) in [7, 11) is 3.62. The standard InChI is InChI=1S/C16H27NO3/c1-4-5-8-19-9-10-20-13-15-11-14(12-17-2)6-7-16(15)18-3/h6-7,11,17H,4-5,8-10,12-13H2,1-3H3. The SMILES string of the molecule is CCCCOCCOCc1cc(CNC)ccc1OC. The molecule has 0 aliphatic heterocycles. The highest BCUT2D eigenvalue weighted by molar-refractivity contribution is 5.36. The summed E-state index contributed by atoms with van der Waals surface area (Å²) in [4.78, 5) is 0. The Bertz CT molecular complexity index is 369. The van der Waals surface area contributed by atoms with Gasteiger partial charge in [0.05, 0.1) is 26.9 Å². The van der Waals surface area contributed by atoms with E-state index in [1.54, 1.807) is 7.11 Å². The molecule has 0 bridgehead atoms. The maximum absolute atomic E-state index is 5.65. The molecule has 4 heteroatoms. The summed E-state index contributed by atoms with van der Waals surface area (Å²) in [6, 6.07) is 6.17. The molecule has 0 aliphatic carbocycles. The second-order valence-electron chi connectivity index (χ2n) is 4.70. The maximum atomic E-state index is 5.65. The third-order valence-electron chi connectivity index (χ3n) is 3.00. The van der Waals surface area contributed by atoms with Crippen LogP contribution in [0.3, 0.4) is 0 Å².